The number of hydrogen-bond donors (Lipinski definition) is 1. The molecule has 1 saturated heterocycles. The number of hydrogen-bond acceptors (Lipinski definition) is 3. The summed E-state index contributed by atoms with van der Waals surface area (Å²) >= 11 is 6.01. The molecule has 1 spiro atoms. The van der Waals surface area contributed by atoms with E-state index in [2.05, 4.69) is 18.7 Å². The third-order valence-corrected chi connectivity index (χ3v) is 4.85. The molecule has 2 heterocycles. The van der Waals surface area contributed by atoms with E-state index >= 15 is 0 Å². The number of benzene rings is 1. The van der Waals surface area contributed by atoms with Gasteiger partial charge in [-0.05, 0) is 37.0 Å². The molecule has 2 aliphatic rings. The summed E-state index contributed by atoms with van der Waals surface area (Å²) in [6.07, 6.45) is 2.18. The van der Waals surface area contributed by atoms with Crippen LogP contribution in [-0.4, -0.2) is 35.2 Å². The lowest BCUT2D eigenvalue weighted by molar-refractivity contribution is -0.0551. The largest absolute Gasteiger partial charge is 0.487 e. The molecular formula is C17H24ClNO2. The second kappa shape index (κ2) is 5.79. The molecule has 1 aromatic carbocycles. The molecule has 4 heteroatoms. The van der Waals surface area contributed by atoms with Gasteiger partial charge in [0.2, 0.25) is 0 Å². The minimum absolute atomic E-state index is 0.201. The molecular weight excluding hydrogens is 286 g/mol. The molecule has 0 radical (unpaired) electrons. The van der Waals surface area contributed by atoms with Crippen molar-refractivity contribution in [1.82, 2.24) is 4.90 Å². The predicted octanol–water partition coefficient (Wildman–Crippen LogP) is 3.65. The topological polar surface area (TPSA) is 32.7 Å². The van der Waals surface area contributed by atoms with Gasteiger partial charge < -0.3 is 14.7 Å². The fraction of sp³-hybridized carbons (Fsp3) is 0.647. The van der Waals surface area contributed by atoms with E-state index in [0.717, 1.165) is 43.8 Å². The molecule has 21 heavy (non-hydrogen) atoms. The van der Waals surface area contributed by atoms with E-state index in [1.165, 1.54) is 0 Å². The Morgan fingerprint density at radius 2 is 2.10 bits per heavy atom. The molecule has 3 rings (SSSR count). The van der Waals surface area contributed by atoms with E-state index in [0.29, 0.717) is 17.4 Å². The van der Waals surface area contributed by atoms with Gasteiger partial charge in [0.25, 0.3) is 0 Å². The average molecular weight is 310 g/mol. The van der Waals surface area contributed by atoms with Gasteiger partial charge in [0, 0.05) is 36.6 Å². The number of rotatable bonds is 2. The van der Waals surface area contributed by atoms with Crippen LogP contribution in [0.5, 0.6) is 5.75 Å². The van der Waals surface area contributed by atoms with Crippen molar-refractivity contribution in [2.75, 3.05) is 19.6 Å². The van der Waals surface area contributed by atoms with Crippen LogP contribution in [0.15, 0.2) is 18.2 Å². The SMILES string of the molecule is CC(C)CN1CCC2(CC1)C[C@@H](O)c1cc(Cl)ccc1O2. The first kappa shape index (κ1) is 15.1. The van der Waals surface area contributed by atoms with Gasteiger partial charge in [-0.2, -0.15) is 0 Å². The van der Waals surface area contributed by atoms with Gasteiger partial charge >= 0.3 is 0 Å². The summed E-state index contributed by atoms with van der Waals surface area (Å²) in [6, 6.07) is 5.55. The van der Waals surface area contributed by atoms with Crippen molar-refractivity contribution in [3.8, 4) is 5.75 Å². The van der Waals surface area contributed by atoms with Crippen molar-refractivity contribution in [3.63, 3.8) is 0 Å². The lowest BCUT2D eigenvalue weighted by atomic mass is 9.81. The lowest BCUT2D eigenvalue weighted by Gasteiger charge is -2.46. The Hall–Kier alpha value is -0.770. The maximum Gasteiger partial charge on any atom is 0.126 e. The molecule has 0 amide bonds. The van der Waals surface area contributed by atoms with E-state index in [1.54, 1.807) is 0 Å². The van der Waals surface area contributed by atoms with Gasteiger partial charge in [0.1, 0.15) is 11.4 Å². The first-order valence-electron chi connectivity index (χ1n) is 7.86. The molecule has 0 unspecified atom stereocenters. The summed E-state index contributed by atoms with van der Waals surface area (Å²) < 4.78 is 6.29. The number of ether oxygens (including phenoxy) is 1. The Labute approximate surface area is 131 Å². The minimum atomic E-state index is -0.468. The van der Waals surface area contributed by atoms with E-state index in [-0.39, 0.29) is 5.60 Å². The maximum absolute atomic E-state index is 10.5. The Kier molecular flexibility index (Phi) is 4.17. The maximum atomic E-state index is 10.5. The third kappa shape index (κ3) is 3.20. The standard InChI is InChI=1S/C17H24ClNO2/c1-12(2)11-19-7-5-17(6-8-19)10-15(20)14-9-13(18)3-4-16(14)21-17/h3-4,9,12,15,20H,5-8,10-11H2,1-2H3/t15-/m1/s1. The second-order valence-electron chi connectivity index (χ2n) is 6.88. The predicted molar refractivity (Wildman–Crippen MR) is 84.9 cm³/mol. The van der Waals surface area contributed by atoms with Crippen LogP contribution >= 0.6 is 11.6 Å². The van der Waals surface area contributed by atoms with Crippen molar-refractivity contribution in [3.05, 3.63) is 28.8 Å². The zero-order valence-electron chi connectivity index (χ0n) is 12.8. The lowest BCUT2D eigenvalue weighted by Crippen LogP contribution is -2.51. The number of aliphatic hydroxyl groups is 1. The highest BCUT2D eigenvalue weighted by molar-refractivity contribution is 6.30. The summed E-state index contributed by atoms with van der Waals surface area (Å²) in [4.78, 5) is 2.50. The van der Waals surface area contributed by atoms with Crippen LogP contribution < -0.4 is 4.74 Å². The number of halogens is 1. The molecule has 1 fully saturated rings. The van der Waals surface area contributed by atoms with E-state index in [4.69, 9.17) is 16.3 Å². The van der Waals surface area contributed by atoms with Gasteiger partial charge in [-0.15, -0.1) is 0 Å². The second-order valence-corrected chi connectivity index (χ2v) is 7.32. The number of nitrogens with zero attached hydrogens (tertiary/aromatic N) is 1. The minimum Gasteiger partial charge on any atom is -0.487 e. The number of likely N-dealkylation sites (tertiary alicyclic amines) is 1. The van der Waals surface area contributed by atoms with E-state index in [1.807, 2.05) is 18.2 Å². The molecule has 0 aromatic heterocycles. The van der Waals surface area contributed by atoms with Gasteiger partial charge in [-0.1, -0.05) is 25.4 Å². The molecule has 3 nitrogen and oxygen atoms in total. The van der Waals surface area contributed by atoms with Gasteiger partial charge in [-0.25, -0.2) is 0 Å². The average Bonchev–Trinajstić information content (AvgIpc) is 2.42. The van der Waals surface area contributed by atoms with Gasteiger partial charge in [0.15, 0.2) is 0 Å². The first-order chi connectivity index (χ1) is 9.97. The highest BCUT2D eigenvalue weighted by Gasteiger charge is 2.42. The van der Waals surface area contributed by atoms with Crippen molar-refractivity contribution in [2.45, 2.75) is 44.8 Å². The van der Waals surface area contributed by atoms with Crippen LogP contribution in [0, 0.1) is 5.92 Å². The van der Waals surface area contributed by atoms with Gasteiger partial charge in [-0.3, -0.25) is 0 Å². The summed E-state index contributed by atoms with van der Waals surface area (Å²) in [7, 11) is 0. The van der Waals surface area contributed by atoms with Crippen LogP contribution in [0.3, 0.4) is 0 Å². The van der Waals surface area contributed by atoms with Crippen molar-refractivity contribution in [2.24, 2.45) is 5.92 Å². The summed E-state index contributed by atoms with van der Waals surface area (Å²) in [5, 5.41) is 11.1. The molecule has 116 valence electrons. The first-order valence-corrected chi connectivity index (χ1v) is 8.24. The zero-order valence-corrected chi connectivity index (χ0v) is 13.6. The Bertz CT molecular complexity index is 510. The van der Waals surface area contributed by atoms with Crippen LogP contribution in [0.1, 0.15) is 44.8 Å². The molecule has 0 bridgehead atoms. The molecule has 0 saturated carbocycles. The fourth-order valence-corrected chi connectivity index (χ4v) is 3.76. The normalized spacial score (nSPS) is 24.9. The summed E-state index contributed by atoms with van der Waals surface area (Å²) in [6.45, 7) is 7.75. The number of aliphatic hydroxyl groups excluding tert-OH is 1. The monoisotopic (exact) mass is 309 g/mol. The molecule has 2 aliphatic heterocycles. The van der Waals surface area contributed by atoms with Crippen LogP contribution in [0.4, 0.5) is 0 Å². The Morgan fingerprint density at radius 1 is 1.38 bits per heavy atom. The van der Waals surface area contributed by atoms with Crippen LogP contribution in [0.25, 0.3) is 0 Å². The molecule has 0 aliphatic carbocycles. The fourth-order valence-electron chi connectivity index (χ4n) is 3.58. The zero-order chi connectivity index (χ0) is 15.0. The number of piperidine rings is 1. The third-order valence-electron chi connectivity index (χ3n) is 4.61. The van der Waals surface area contributed by atoms with Crippen molar-refractivity contribution < 1.29 is 9.84 Å². The van der Waals surface area contributed by atoms with Crippen molar-refractivity contribution in [1.29, 1.82) is 0 Å². The number of fused-ring (bicyclic) bond motifs is 1. The van der Waals surface area contributed by atoms with E-state index < -0.39 is 6.10 Å². The highest BCUT2D eigenvalue weighted by Crippen LogP contribution is 2.44. The molecule has 1 atom stereocenters. The van der Waals surface area contributed by atoms with Crippen molar-refractivity contribution >= 4 is 11.6 Å². The van der Waals surface area contributed by atoms with Crippen LogP contribution in [-0.2, 0) is 0 Å². The smallest absolute Gasteiger partial charge is 0.126 e. The molecule has 1 aromatic rings. The van der Waals surface area contributed by atoms with E-state index in [9.17, 15) is 5.11 Å². The summed E-state index contributed by atoms with van der Waals surface area (Å²) in [5.41, 5.74) is 0.631. The highest BCUT2D eigenvalue weighted by atomic mass is 35.5. The van der Waals surface area contributed by atoms with Crippen LogP contribution in [0.2, 0.25) is 5.02 Å². The Balaban J connectivity index is 1.73. The quantitative estimate of drug-likeness (QED) is 0.905. The Morgan fingerprint density at radius 3 is 2.76 bits per heavy atom. The summed E-state index contributed by atoms with van der Waals surface area (Å²) in [5.74, 6) is 1.50. The molecule has 1 N–H and O–H groups in total. The van der Waals surface area contributed by atoms with Gasteiger partial charge in [0.05, 0.1) is 6.10 Å².